The van der Waals surface area contributed by atoms with Gasteiger partial charge >= 0.3 is 6.36 Å². The Balaban J connectivity index is 1.77. The molecule has 0 amide bonds. The molecule has 1 aromatic carbocycles. The van der Waals surface area contributed by atoms with Gasteiger partial charge < -0.3 is 19.9 Å². The van der Waals surface area contributed by atoms with Crippen molar-refractivity contribution in [1.29, 1.82) is 0 Å². The van der Waals surface area contributed by atoms with Crippen molar-refractivity contribution in [3.63, 3.8) is 0 Å². The van der Waals surface area contributed by atoms with Crippen LogP contribution in [0.15, 0.2) is 24.3 Å². The van der Waals surface area contributed by atoms with Gasteiger partial charge in [0, 0.05) is 12.1 Å². The normalized spacial score (nSPS) is 32.8. The third-order valence-electron chi connectivity index (χ3n) is 3.90. The number of morpholine rings is 1. The summed E-state index contributed by atoms with van der Waals surface area (Å²) in [5.74, 6) is -0.285. The van der Waals surface area contributed by atoms with Gasteiger partial charge in [0.25, 0.3) is 0 Å². The first-order chi connectivity index (χ1) is 9.84. The van der Waals surface area contributed by atoms with Crippen molar-refractivity contribution in [3.05, 3.63) is 29.8 Å². The van der Waals surface area contributed by atoms with Gasteiger partial charge in [0.05, 0.1) is 18.8 Å². The van der Waals surface area contributed by atoms with Crippen molar-refractivity contribution >= 4 is 0 Å². The number of hydrogen-bond donors (Lipinski definition) is 2. The number of nitrogens with one attached hydrogen (secondary N) is 1. The van der Waals surface area contributed by atoms with E-state index in [1.54, 1.807) is 0 Å². The van der Waals surface area contributed by atoms with Crippen molar-refractivity contribution in [3.8, 4) is 5.75 Å². The first-order valence-corrected chi connectivity index (χ1v) is 6.76. The highest BCUT2D eigenvalue weighted by Crippen LogP contribution is 2.37. The topological polar surface area (TPSA) is 50.7 Å². The summed E-state index contributed by atoms with van der Waals surface area (Å²) in [6.45, 7) is 1.07. The number of rotatable bonds is 2. The first-order valence-electron chi connectivity index (χ1n) is 6.76. The van der Waals surface area contributed by atoms with Crippen LogP contribution in [0.1, 0.15) is 18.4 Å². The molecule has 0 spiro atoms. The molecule has 0 aliphatic carbocycles. The standard InChI is InChI=1S/C14H16F3NO3/c15-14(16,17)21-12-3-1-9(2-4-12)13(19)5-10-7-20-8-11(6-13)18-10/h1-4,10-11,18-19H,5-8H2. The molecule has 7 heteroatoms. The number of alkyl halides is 3. The van der Waals surface area contributed by atoms with E-state index in [1.165, 1.54) is 24.3 Å². The second-order valence-corrected chi connectivity index (χ2v) is 5.61. The highest BCUT2D eigenvalue weighted by molar-refractivity contribution is 5.32. The molecule has 3 rings (SSSR count). The van der Waals surface area contributed by atoms with E-state index in [0.717, 1.165) is 0 Å². The summed E-state index contributed by atoms with van der Waals surface area (Å²) in [6.07, 6.45) is -3.76. The molecule has 2 atom stereocenters. The summed E-state index contributed by atoms with van der Waals surface area (Å²) in [5, 5.41) is 14.2. The summed E-state index contributed by atoms with van der Waals surface area (Å²) < 4.78 is 45.7. The average Bonchev–Trinajstić information content (AvgIpc) is 2.36. The van der Waals surface area contributed by atoms with Gasteiger partial charge in [0.1, 0.15) is 5.75 Å². The van der Waals surface area contributed by atoms with E-state index >= 15 is 0 Å². The molecular formula is C14H16F3NO3. The summed E-state index contributed by atoms with van der Waals surface area (Å²) in [6, 6.07) is 5.57. The van der Waals surface area contributed by atoms with Crippen molar-refractivity contribution < 1.29 is 27.8 Å². The van der Waals surface area contributed by atoms with Gasteiger partial charge in [-0.2, -0.15) is 0 Å². The number of ether oxygens (including phenoxy) is 2. The smallest absolute Gasteiger partial charge is 0.406 e. The van der Waals surface area contributed by atoms with Crippen LogP contribution in [0.3, 0.4) is 0 Å². The van der Waals surface area contributed by atoms with Crippen LogP contribution in [0.4, 0.5) is 13.2 Å². The molecule has 2 N–H and O–H groups in total. The predicted octanol–water partition coefficient (Wildman–Crippen LogP) is 1.92. The van der Waals surface area contributed by atoms with E-state index in [9.17, 15) is 18.3 Å². The molecule has 2 heterocycles. The zero-order valence-corrected chi connectivity index (χ0v) is 11.2. The quantitative estimate of drug-likeness (QED) is 0.876. The number of halogens is 3. The molecule has 0 saturated carbocycles. The maximum Gasteiger partial charge on any atom is 0.573 e. The lowest BCUT2D eigenvalue weighted by atomic mass is 9.78. The Hall–Kier alpha value is -1.31. The van der Waals surface area contributed by atoms with E-state index in [-0.39, 0.29) is 17.8 Å². The molecule has 0 radical (unpaired) electrons. The zero-order valence-electron chi connectivity index (χ0n) is 11.2. The van der Waals surface area contributed by atoms with Crippen molar-refractivity contribution in [2.45, 2.75) is 36.9 Å². The minimum absolute atomic E-state index is 0.0635. The fraction of sp³-hybridized carbons (Fsp3) is 0.571. The van der Waals surface area contributed by atoms with Gasteiger partial charge in [-0.3, -0.25) is 0 Å². The third-order valence-corrected chi connectivity index (χ3v) is 3.90. The van der Waals surface area contributed by atoms with Gasteiger partial charge in [0.15, 0.2) is 0 Å². The summed E-state index contributed by atoms with van der Waals surface area (Å²) in [7, 11) is 0. The Morgan fingerprint density at radius 3 is 2.24 bits per heavy atom. The van der Waals surface area contributed by atoms with Gasteiger partial charge in [-0.05, 0) is 30.5 Å². The summed E-state index contributed by atoms with van der Waals surface area (Å²) in [4.78, 5) is 0. The predicted molar refractivity (Wildman–Crippen MR) is 67.8 cm³/mol. The second kappa shape index (κ2) is 5.15. The Labute approximate surface area is 119 Å². The maximum absolute atomic E-state index is 12.1. The zero-order chi connectivity index (χ0) is 15.1. The Morgan fingerprint density at radius 1 is 1.14 bits per heavy atom. The molecule has 21 heavy (non-hydrogen) atoms. The maximum atomic E-state index is 12.1. The first kappa shape index (κ1) is 14.6. The van der Waals surface area contributed by atoms with Crippen LogP contribution < -0.4 is 10.1 Å². The number of benzene rings is 1. The van der Waals surface area contributed by atoms with Gasteiger partial charge in [-0.15, -0.1) is 13.2 Å². The minimum Gasteiger partial charge on any atom is -0.406 e. The van der Waals surface area contributed by atoms with E-state index in [1.807, 2.05) is 0 Å². The van der Waals surface area contributed by atoms with Crippen LogP contribution in [-0.2, 0) is 10.3 Å². The van der Waals surface area contributed by atoms with Crippen LogP contribution in [-0.4, -0.2) is 36.8 Å². The van der Waals surface area contributed by atoms with Gasteiger partial charge in [-0.1, -0.05) is 12.1 Å². The molecule has 2 aliphatic rings. The fourth-order valence-electron chi connectivity index (χ4n) is 3.12. The van der Waals surface area contributed by atoms with Gasteiger partial charge in [-0.25, -0.2) is 0 Å². The summed E-state index contributed by atoms with van der Waals surface area (Å²) in [5.41, 5.74) is -0.434. The number of aliphatic hydroxyl groups is 1. The monoisotopic (exact) mass is 303 g/mol. The number of piperidine rings is 1. The molecule has 4 nitrogen and oxygen atoms in total. The van der Waals surface area contributed by atoms with Crippen LogP contribution in [0.2, 0.25) is 0 Å². The highest BCUT2D eigenvalue weighted by Gasteiger charge is 2.42. The lowest BCUT2D eigenvalue weighted by molar-refractivity contribution is -0.274. The van der Waals surface area contributed by atoms with Crippen LogP contribution >= 0.6 is 0 Å². The molecule has 2 bridgehead atoms. The number of hydrogen-bond acceptors (Lipinski definition) is 4. The lowest BCUT2D eigenvalue weighted by Gasteiger charge is -2.45. The van der Waals surface area contributed by atoms with E-state index in [0.29, 0.717) is 31.6 Å². The van der Waals surface area contributed by atoms with Crippen LogP contribution in [0.5, 0.6) is 5.75 Å². The average molecular weight is 303 g/mol. The van der Waals surface area contributed by atoms with Crippen molar-refractivity contribution in [2.75, 3.05) is 13.2 Å². The molecule has 2 aliphatic heterocycles. The van der Waals surface area contributed by atoms with Crippen LogP contribution in [0, 0.1) is 0 Å². The molecule has 116 valence electrons. The molecule has 0 aromatic heterocycles. The summed E-state index contributed by atoms with van der Waals surface area (Å²) >= 11 is 0. The molecule has 2 unspecified atom stereocenters. The molecular weight excluding hydrogens is 287 g/mol. The molecule has 2 saturated heterocycles. The Bertz CT molecular complexity index is 491. The highest BCUT2D eigenvalue weighted by atomic mass is 19.4. The largest absolute Gasteiger partial charge is 0.573 e. The van der Waals surface area contributed by atoms with Crippen molar-refractivity contribution in [2.24, 2.45) is 0 Å². The van der Waals surface area contributed by atoms with E-state index in [2.05, 4.69) is 10.1 Å². The van der Waals surface area contributed by atoms with Gasteiger partial charge in [0.2, 0.25) is 0 Å². The fourth-order valence-corrected chi connectivity index (χ4v) is 3.12. The minimum atomic E-state index is -4.71. The van der Waals surface area contributed by atoms with Crippen LogP contribution in [0.25, 0.3) is 0 Å². The van der Waals surface area contributed by atoms with E-state index < -0.39 is 12.0 Å². The lowest BCUT2D eigenvalue weighted by Crippen LogP contribution is -2.58. The SMILES string of the molecule is OC1(c2ccc(OC(F)(F)F)cc2)CC2COCC(C1)N2. The Morgan fingerprint density at radius 2 is 1.71 bits per heavy atom. The number of fused-ring (bicyclic) bond motifs is 2. The van der Waals surface area contributed by atoms with E-state index in [4.69, 9.17) is 4.74 Å². The molecule has 2 fully saturated rings. The second-order valence-electron chi connectivity index (χ2n) is 5.61. The third kappa shape index (κ3) is 3.30. The van der Waals surface area contributed by atoms with Crippen molar-refractivity contribution in [1.82, 2.24) is 5.32 Å². The Kier molecular flexibility index (Phi) is 3.59. The molecule has 1 aromatic rings.